The molecule has 0 fully saturated rings. The molecule has 13 heteroatoms. The van der Waals surface area contributed by atoms with Gasteiger partial charge in [-0.25, -0.2) is 0 Å². The fourth-order valence-electron chi connectivity index (χ4n) is 9.46. The lowest BCUT2D eigenvalue weighted by Gasteiger charge is -2.27. The smallest absolute Gasteiger partial charge is 0.294 e. The third-order valence-electron chi connectivity index (χ3n) is 12.6. The maximum atomic E-state index is 12.5. The van der Waals surface area contributed by atoms with E-state index in [1.165, 1.54) is 23.1 Å². The lowest BCUT2D eigenvalue weighted by Crippen LogP contribution is -2.28. The first kappa shape index (κ1) is 48.5. The summed E-state index contributed by atoms with van der Waals surface area (Å²) in [6.45, 7) is 11.6. The second kappa shape index (κ2) is 20.9. The van der Waals surface area contributed by atoms with E-state index in [2.05, 4.69) is 85.0 Å². The summed E-state index contributed by atoms with van der Waals surface area (Å²) in [6, 6.07) is 21.3. The molecule has 64 heavy (non-hydrogen) atoms. The van der Waals surface area contributed by atoms with Gasteiger partial charge in [0.25, 0.3) is 20.2 Å². The van der Waals surface area contributed by atoms with Crippen LogP contribution in [0.25, 0.3) is 21.5 Å². The number of fused-ring (bicyclic) bond motifs is 6. The van der Waals surface area contributed by atoms with E-state index in [1.807, 2.05) is 48.6 Å². The number of nitrogens with zero attached hydrogens (tertiary/aromatic N) is 2. The van der Waals surface area contributed by atoms with E-state index < -0.39 is 25.7 Å². The molecule has 0 aromatic heterocycles. The van der Waals surface area contributed by atoms with Crippen LogP contribution >= 0.6 is 0 Å². The van der Waals surface area contributed by atoms with Gasteiger partial charge in [-0.2, -0.15) is 21.4 Å². The van der Waals surface area contributed by atoms with Gasteiger partial charge in [0.1, 0.15) is 6.54 Å². The molecule has 4 aromatic rings. The van der Waals surface area contributed by atoms with Crippen molar-refractivity contribution in [2.24, 2.45) is 5.73 Å². The summed E-state index contributed by atoms with van der Waals surface area (Å²) < 4.78 is 68.3. The number of hydrogen-bond acceptors (Lipinski definition) is 7. The molecule has 2 aliphatic rings. The lowest BCUT2D eigenvalue weighted by atomic mass is 9.79. The van der Waals surface area contributed by atoms with E-state index in [0.29, 0.717) is 38.9 Å². The normalized spacial score (nSPS) is 16.7. The fraction of sp³-hybridized carbons (Fsp3) is 0.412. The first-order valence-corrected chi connectivity index (χ1v) is 25.6. The van der Waals surface area contributed by atoms with Crippen molar-refractivity contribution >= 4 is 64.8 Å². The number of rotatable bonds is 22. The Morgan fingerprint density at radius 3 is 2.20 bits per heavy atom. The van der Waals surface area contributed by atoms with Crippen molar-refractivity contribution in [3.63, 3.8) is 0 Å². The van der Waals surface area contributed by atoms with E-state index in [4.69, 9.17) is 5.73 Å². The minimum Gasteiger partial charge on any atom is -0.356 e. The molecule has 0 aliphatic carbocycles. The molecule has 4 aromatic carbocycles. The standard InChI is InChI=1S/C51H64N4O7S2/c1-50(2)45(55(35-19-20-36-63(57,58)59)43-30-26-38-21-14-15-22-41(38)48(43)50)23-11-6-5-7-12-24-46-51(3,4)49-42-29-28-40(64(60,61)62)37-39(42)27-31-44(49)54(46)34-18-10-13-25-47(56)53-33-17-9-8-16-32-52/h5-7,11-12,14-15,21-24,26-31,37H,8-10,13,16-20,25,32-36,52H2,1-4H3,(H2-,53,56,57,58,59,60,61,62)/p+1. The van der Waals surface area contributed by atoms with Crippen molar-refractivity contribution in [1.29, 1.82) is 0 Å². The molecule has 0 spiro atoms. The highest BCUT2D eigenvalue weighted by molar-refractivity contribution is 7.86. The number of anilines is 1. The second-order valence-electron chi connectivity index (χ2n) is 18.0. The van der Waals surface area contributed by atoms with Crippen LogP contribution in [0.5, 0.6) is 0 Å². The molecule has 0 radical (unpaired) electrons. The molecule has 2 aliphatic heterocycles. The van der Waals surface area contributed by atoms with Crippen molar-refractivity contribution in [2.75, 3.05) is 36.8 Å². The van der Waals surface area contributed by atoms with Gasteiger partial charge in [0, 0.05) is 60.4 Å². The molecule has 6 rings (SSSR count). The maximum Gasteiger partial charge on any atom is 0.294 e. The Morgan fingerprint density at radius 2 is 1.44 bits per heavy atom. The van der Waals surface area contributed by atoms with Crippen LogP contribution in [0, 0.1) is 0 Å². The van der Waals surface area contributed by atoms with E-state index >= 15 is 0 Å². The number of nitrogens with two attached hydrogens (primary N) is 1. The number of benzene rings is 4. The molecule has 342 valence electrons. The van der Waals surface area contributed by atoms with Crippen LogP contribution in [0.2, 0.25) is 0 Å². The second-order valence-corrected chi connectivity index (χ2v) is 21.0. The SMILES string of the molecule is CC1(C)C(=CC=CC=CC=CC2=[N+](CCCCS(=O)(=O)O)c3ccc4ccccc4c3C2(C)C)N(CCCCCC(=O)NCCCCCCN)c2ccc3cc(S(=O)(=O)O)ccc3c21. The van der Waals surface area contributed by atoms with Gasteiger partial charge < -0.3 is 16.0 Å². The van der Waals surface area contributed by atoms with E-state index in [0.717, 1.165) is 96.0 Å². The fourth-order valence-corrected chi connectivity index (χ4v) is 10.5. The monoisotopic (exact) mass is 909 g/mol. The lowest BCUT2D eigenvalue weighted by molar-refractivity contribution is -0.438. The highest BCUT2D eigenvalue weighted by Crippen LogP contribution is 2.51. The van der Waals surface area contributed by atoms with Gasteiger partial charge in [-0.15, -0.1) is 0 Å². The molecule has 2 heterocycles. The Labute approximate surface area is 380 Å². The topological polar surface area (TPSA) is 170 Å². The summed E-state index contributed by atoms with van der Waals surface area (Å²) in [6.07, 6.45) is 22.5. The third kappa shape index (κ3) is 11.5. The van der Waals surface area contributed by atoms with Crippen LogP contribution in [0.4, 0.5) is 11.4 Å². The Balaban J connectivity index is 1.20. The van der Waals surface area contributed by atoms with Crippen molar-refractivity contribution in [3.05, 3.63) is 126 Å². The van der Waals surface area contributed by atoms with E-state index in [-0.39, 0.29) is 22.0 Å². The van der Waals surface area contributed by atoms with Crippen molar-refractivity contribution < 1.29 is 35.3 Å². The van der Waals surface area contributed by atoms with Gasteiger partial charge >= 0.3 is 0 Å². The Bertz CT molecular complexity index is 2730. The third-order valence-corrected chi connectivity index (χ3v) is 14.2. The summed E-state index contributed by atoms with van der Waals surface area (Å²) in [4.78, 5) is 14.7. The predicted octanol–water partition coefficient (Wildman–Crippen LogP) is 9.83. The highest BCUT2D eigenvalue weighted by Gasteiger charge is 2.45. The zero-order chi connectivity index (χ0) is 46.1. The Hall–Kier alpha value is -4.92. The summed E-state index contributed by atoms with van der Waals surface area (Å²) >= 11 is 0. The van der Waals surface area contributed by atoms with Crippen molar-refractivity contribution in [3.8, 4) is 0 Å². The van der Waals surface area contributed by atoms with Crippen molar-refractivity contribution in [2.45, 2.75) is 108 Å². The van der Waals surface area contributed by atoms with Crippen molar-refractivity contribution in [1.82, 2.24) is 5.32 Å². The average Bonchev–Trinajstić information content (AvgIpc) is 3.60. The molecule has 0 bridgehead atoms. The van der Waals surface area contributed by atoms with Gasteiger partial charge in [-0.3, -0.25) is 13.9 Å². The highest BCUT2D eigenvalue weighted by atomic mass is 32.2. The molecule has 1 amide bonds. The molecule has 5 N–H and O–H groups in total. The van der Waals surface area contributed by atoms with Crippen LogP contribution in [-0.2, 0) is 35.9 Å². The number of allylic oxidation sites excluding steroid dienone is 8. The molecular formula is C51H65N4O7S2+. The van der Waals surface area contributed by atoms with E-state index in [9.17, 15) is 30.7 Å². The van der Waals surface area contributed by atoms with Gasteiger partial charge in [0.2, 0.25) is 11.6 Å². The van der Waals surface area contributed by atoms with Crippen LogP contribution in [-0.4, -0.2) is 74.1 Å². The number of carbonyl (C=O) groups is 1. The largest absolute Gasteiger partial charge is 0.356 e. The minimum atomic E-state index is -4.36. The molecule has 0 saturated heterocycles. The minimum absolute atomic E-state index is 0.0891. The van der Waals surface area contributed by atoms with Crippen LogP contribution < -0.4 is 16.0 Å². The van der Waals surface area contributed by atoms with Crippen LogP contribution in [0.15, 0.2) is 120 Å². The molecule has 0 unspecified atom stereocenters. The van der Waals surface area contributed by atoms with Crippen LogP contribution in [0.3, 0.4) is 0 Å². The molecule has 11 nitrogen and oxygen atoms in total. The Kier molecular flexibility index (Phi) is 15.9. The zero-order valence-corrected chi connectivity index (χ0v) is 39.4. The summed E-state index contributed by atoms with van der Waals surface area (Å²) in [5.41, 5.74) is 11.5. The molecule has 0 saturated carbocycles. The quantitative estimate of drug-likeness (QED) is 0.0260. The zero-order valence-electron chi connectivity index (χ0n) is 37.7. The van der Waals surface area contributed by atoms with Gasteiger partial charge in [0.15, 0.2) is 5.71 Å². The number of carbonyl (C=O) groups excluding carboxylic acids is 1. The average molecular weight is 910 g/mol. The molecule has 0 atom stereocenters. The van der Waals surface area contributed by atoms with Gasteiger partial charge in [-0.05, 0) is 110 Å². The number of nitrogens with one attached hydrogen (secondary N) is 1. The number of amides is 1. The summed E-state index contributed by atoms with van der Waals surface area (Å²) in [7, 11) is -8.39. The first-order valence-electron chi connectivity index (χ1n) is 22.6. The first-order chi connectivity index (χ1) is 30.4. The summed E-state index contributed by atoms with van der Waals surface area (Å²) in [5, 5.41) is 7.06. The van der Waals surface area contributed by atoms with E-state index in [1.54, 1.807) is 6.07 Å². The Morgan fingerprint density at radius 1 is 0.734 bits per heavy atom. The van der Waals surface area contributed by atoms with Gasteiger partial charge in [0.05, 0.1) is 16.1 Å². The van der Waals surface area contributed by atoms with Gasteiger partial charge in [-0.1, -0.05) is 99.9 Å². The maximum absolute atomic E-state index is 12.5. The summed E-state index contributed by atoms with van der Waals surface area (Å²) in [5.74, 6) is -0.177. The number of unbranched alkanes of at least 4 members (excludes halogenated alkanes) is 6. The predicted molar refractivity (Wildman–Crippen MR) is 261 cm³/mol. The molecular weight excluding hydrogens is 845 g/mol. The number of hydrogen-bond donors (Lipinski definition) is 4. The van der Waals surface area contributed by atoms with Crippen LogP contribution in [0.1, 0.15) is 103 Å².